The van der Waals surface area contributed by atoms with E-state index in [9.17, 15) is 4.79 Å². The number of carbonyl (C=O) groups is 1. The minimum Gasteiger partial charge on any atom is -0.361 e. The second-order valence-corrected chi connectivity index (χ2v) is 7.50. The van der Waals surface area contributed by atoms with Gasteiger partial charge in [0.1, 0.15) is 5.01 Å². The quantitative estimate of drug-likeness (QED) is 0.564. The monoisotopic (exact) mass is 353 g/mol. The zero-order chi connectivity index (χ0) is 16.5. The summed E-state index contributed by atoms with van der Waals surface area (Å²) in [5.74, 6) is -0.0661. The Hall–Kier alpha value is -2.44. The van der Waals surface area contributed by atoms with E-state index in [-0.39, 0.29) is 5.91 Å². The number of thiophene rings is 1. The van der Waals surface area contributed by atoms with Gasteiger partial charge in [-0.05, 0) is 42.6 Å². The van der Waals surface area contributed by atoms with Crippen LogP contribution in [0.3, 0.4) is 0 Å². The van der Waals surface area contributed by atoms with Crippen LogP contribution in [0.15, 0.2) is 48.0 Å². The molecule has 1 aromatic carbocycles. The third-order valence-corrected chi connectivity index (χ3v) is 6.05. The second-order valence-electron chi connectivity index (χ2n) is 5.47. The van der Waals surface area contributed by atoms with Gasteiger partial charge in [0, 0.05) is 27.5 Å². The van der Waals surface area contributed by atoms with Gasteiger partial charge in [0.2, 0.25) is 0 Å². The van der Waals surface area contributed by atoms with Gasteiger partial charge >= 0.3 is 0 Å². The lowest BCUT2D eigenvalue weighted by Gasteiger charge is -2.04. The molecule has 0 aliphatic heterocycles. The van der Waals surface area contributed by atoms with Crippen LogP contribution >= 0.6 is 22.7 Å². The van der Waals surface area contributed by atoms with Gasteiger partial charge in [-0.3, -0.25) is 4.79 Å². The Kier molecular flexibility index (Phi) is 3.92. The van der Waals surface area contributed by atoms with Crippen molar-refractivity contribution in [2.75, 3.05) is 0 Å². The summed E-state index contributed by atoms with van der Waals surface area (Å²) in [6.45, 7) is 2.49. The van der Waals surface area contributed by atoms with Crippen molar-refractivity contribution < 1.29 is 4.79 Å². The predicted molar refractivity (Wildman–Crippen MR) is 99.6 cm³/mol. The van der Waals surface area contributed by atoms with Crippen molar-refractivity contribution in [3.05, 3.63) is 64.1 Å². The van der Waals surface area contributed by atoms with Crippen molar-refractivity contribution >= 4 is 39.5 Å². The van der Waals surface area contributed by atoms with Crippen LogP contribution in [0, 0.1) is 6.92 Å². The third-order valence-electron chi connectivity index (χ3n) is 3.85. The fraction of sp³-hybridized carbons (Fsp3) is 0.111. The number of amides is 1. The van der Waals surface area contributed by atoms with E-state index < -0.39 is 0 Å². The molecule has 4 aromatic rings. The molecular weight excluding hydrogens is 338 g/mol. The molecule has 0 aliphatic carbocycles. The number of thiazole rings is 1. The van der Waals surface area contributed by atoms with Gasteiger partial charge in [-0.1, -0.05) is 6.07 Å². The first kappa shape index (κ1) is 15.1. The molecule has 0 unspecified atom stereocenters. The number of aromatic nitrogens is 2. The molecule has 0 bridgehead atoms. The number of nitrogens with one attached hydrogen (secondary N) is 2. The van der Waals surface area contributed by atoms with Gasteiger partial charge in [-0.15, -0.1) is 22.7 Å². The number of carbonyl (C=O) groups excluding carboxylic acids is 1. The molecule has 0 aliphatic rings. The summed E-state index contributed by atoms with van der Waals surface area (Å²) in [7, 11) is 0. The van der Waals surface area contributed by atoms with Gasteiger partial charge in [0.15, 0.2) is 0 Å². The molecule has 0 spiro atoms. The number of hydrogen-bond donors (Lipinski definition) is 2. The maximum atomic E-state index is 12.4. The normalized spacial score (nSPS) is 11.0. The topological polar surface area (TPSA) is 57.8 Å². The van der Waals surface area contributed by atoms with Gasteiger partial charge < -0.3 is 10.3 Å². The molecular formula is C18H15N3OS2. The summed E-state index contributed by atoms with van der Waals surface area (Å²) < 4.78 is 0. The van der Waals surface area contributed by atoms with Crippen molar-refractivity contribution in [1.82, 2.24) is 15.3 Å². The van der Waals surface area contributed by atoms with E-state index in [1.807, 2.05) is 48.8 Å². The van der Waals surface area contributed by atoms with Crippen LogP contribution in [0.25, 0.3) is 20.8 Å². The maximum absolute atomic E-state index is 12.4. The highest BCUT2D eigenvalue weighted by molar-refractivity contribution is 7.21. The highest BCUT2D eigenvalue weighted by Gasteiger charge is 2.12. The minimum atomic E-state index is -0.0661. The van der Waals surface area contributed by atoms with Crippen molar-refractivity contribution in [3.8, 4) is 9.88 Å². The van der Waals surface area contributed by atoms with E-state index in [0.29, 0.717) is 12.1 Å². The van der Waals surface area contributed by atoms with Crippen LogP contribution < -0.4 is 5.32 Å². The average molecular weight is 353 g/mol. The maximum Gasteiger partial charge on any atom is 0.251 e. The Morgan fingerprint density at radius 1 is 1.29 bits per heavy atom. The van der Waals surface area contributed by atoms with Crippen molar-refractivity contribution in [2.24, 2.45) is 0 Å². The smallest absolute Gasteiger partial charge is 0.251 e. The summed E-state index contributed by atoms with van der Waals surface area (Å²) >= 11 is 3.32. The molecule has 120 valence electrons. The van der Waals surface area contributed by atoms with Crippen molar-refractivity contribution in [3.63, 3.8) is 0 Å². The number of aryl methyl sites for hydroxylation is 1. The summed E-state index contributed by atoms with van der Waals surface area (Å²) in [4.78, 5) is 22.4. The van der Waals surface area contributed by atoms with E-state index in [4.69, 9.17) is 0 Å². The Labute approximate surface area is 147 Å². The summed E-state index contributed by atoms with van der Waals surface area (Å²) in [5.41, 5.74) is 2.68. The third kappa shape index (κ3) is 2.86. The molecule has 3 heterocycles. The van der Waals surface area contributed by atoms with E-state index in [0.717, 1.165) is 26.5 Å². The number of H-pyrrole nitrogens is 1. The number of nitrogens with zero attached hydrogens (tertiary/aromatic N) is 1. The van der Waals surface area contributed by atoms with Crippen LogP contribution in [0.5, 0.6) is 0 Å². The fourth-order valence-corrected chi connectivity index (χ4v) is 4.35. The average Bonchev–Trinajstić information content (AvgIpc) is 3.32. The molecule has 24 heavy (non-hydrogen) atoms. The number of benzene rings is 1. The van der Waals surface area contributed by atoms with Crippen LogP contribution in [0.4, 0.5) is 0 Å². The number of rotatable bonds is 4. The van der Waals surface area contributed by atoms with E-state index in [1.54, 1.807) is 22.7 Å². The Morgan fingerprint density at radius 2 is 2.21 bits per heavy atom. The van der Waals surface area contributed by atoms with Crippen molar-refractivity contribution in [1.29, 1.82) is 0 Å². The number of hydrogen-bond acceptors (Lipinski definition) is 4. The molecule has 3 aromatic heterocycles. The molecule has 4 rings (SSSR count). The fourth-order valence-electron chi connectivity index (χ4n) is 2.55. The Morgan fingerprint density at radius 3 is 3.04 bits per heavy atom. The first-order chi connectivity index (χ1) is 11.7. The lowest BCUT2D eigenvalue weighted by Crippen LogP contribution is -2.22. The first-order valence-corrected chi connectivity index (χ1v) is 9.26. The molecule has 0 fully saturated rings. The number of fused-ring (bicyclic) bond motifs is 1. The molecule has 2 N–H and O–H groups in total. The largest absolute Gasteiger partial charge is 0.361 e. The Bertz CT molecular complexity index is 999. The lowest BCUT2D eigenvalue weighted by molar-refractivity contribution is 0.0951. The minimum absolute atomic E-state index is 0.0661. The summed E-state index contributed by atoms with van der Waals surface area (Å²) in [5, 5.41) is 7.10. The molecule has 6 heteroatoms. The molecule has 0 atom stereocenters. The van der Waals surface area contributed by atoms with E-state index in [1.165, 1.54) is 4.88 Å². The predicted octanol–water partition coefficient (Wildman–Crippen LogP) is 4.59. The first-order valence-electron chi connectivity index (χ1n) is 7.56. The SMILES string of the molecule is Cc1nc(-c2cccs2)sc1CNC(=O)c1ccc2[nH]ccc2c1. The van der Waals surface area contributed by atoms with E-state index in [2.05, 4.69) is 21.4 Å². The molecule has 0 saturated heterocycles. The van der Waals surface area contributed by atoms with Crippen LogP contribution in [0.1, 0.15) is 20.9 Å². The zero-order valence-corrected chi connectivity index (χ0v) is 14.6. The van der Waals surface area contributed by atoms with Crippen LogP contribution in [0.2, 0.25) is 0 Å². The molecule has 1 amide bonds. The molecule has 0 radical (unpaired) electrons. The van der Waals surface area contributed by atoms with Gasteiger partial charge in [0.05, 0.1) is 17.1 Å². The second kappa shape index (κ2) is 6.22. The molecule has 4 nitrogen and oxygen atoms in total. The van der Waals surface area contributed by atoms with Gasteiger partial charge in [-0.2, -0.15) is 0 Å². The highest BCUT2D eigenvalue weighted by atomic mass is 32.1. The highest BCUT2D eigenvalue weighted by Crippen LogP contribution is 2.31. The standard InChI is InChI=1S/C18H15N3OS2/c1-11-16(24-18(21-11)15-3-2-8-23-15)10-20-17(22)13-4-5-14-12(9-13)6-7-19-14/h2-9,19H,10H2,1H3,(H,20,22). The van der Waals surface area contributed by atoms with Crippen molar-refractivity contribution in [2.45, 2.75) is 13.5 Å². The Balaban J connectivity index is 1.49. The van der Waals surface area contributed by atoms with Gasteiger partial charge in [0.25, 0.3) is 5.91 Å². The number of aromatic amines is 1. The van der Waals surface area contributed by atoms with Gasteiger partial charge in [-0.25, -0.2) is 4.98 Å². The van der Waals surface area contributed by atoms with Crippen LogP contribution in [-0.4, -0.2) is 15.9 Å². The van der Waals surface area contributed by atoms with Crippen LogP contribution in [-0.2, 0) is 6.54 Å². The summed E-state index contributed by atoms with van der Waals surface area (Å²) in [6.07, 6.45) is 1.87. The lowest BCUT2D eigenvalue weighted by atomic mass is 10.1. The molecule has 0 saturated carbocycles. The zero-order valence-electron chi connectivity index (χ0n) is 13.0. The summed E-state index contributed by atoms with van der Waals surface area (Å²) in [6, 6.07) is 11.7. The van der Waals surface area contributed by atoms with E-state index >= 15 is 0 Å².